The molecule has 4 heteroatoms. The fourth-order valence-electron chi connectivity index (χ4n) is 2.06. The van der Waals surface area contributed by atoms with Crippen molar-refractivity contribution in [1.29, 1.82) is 0 Å². The molecule has 0 N–H and O–H groups in total. The molecule has 0 bridgehead atoms. The number of Topliss-reactive ketones (excluding diaryl/α,β-unsaturated/α-hetero) is 1. The van der Waals surface area contributed by atoms with Gasteiger partial charge in [-0.25, -0.2) is 0 Å². The molecule has 1 rings (SSSR count). The average molecular weight is 228 g/mol. The van der Waals surface area contributed by atoms with Gasteiger partial charge in [-0.05, 0) is 32.6 Å². The van der Waals surface area contributed by atoms with E-state index in [-0.39, 0.29) is 36.3 Å². The fourth-order valence-corrected chi connectivity index (χ4v) is 2.06. The van der Waals surface area contributed by atoms with Crippen LogP contribution in [0.1, 0.15) is 40.0 Å². The molecular weight excluding hydrogens is 208 g/mol. The zero-order valence-corrected chi connectivity index (χ0v) is 10.2. The van der Waals surface area contributed by atoms with E-state index in [0.717, 1.165) is 12.8 Å². The highest BCUT2D eigenvalue weighted by atomic mass is 16.5. The van der Waals surface area contributed by atoms with Crippen LogP contribution in [-0.2, 0) is 19.1 Å². The van der Waals surface area contributed by atoms with E-state index in [2.05, 4.69) is 0 Å². The first-order valence-corrected chi connectivity index (χ1v) is 5.86. The lowest BCUT2D eigenvalue weighted by molar-refractivity contribution is -0.156. The maximum atomic E-state index is 11.3. The van der Waals surface area contributed by atoms with Crippen molar-refractivity contribution in [2.75, 3.05) is 6.61 Å². The molecule has 1 fully saturated rings. The summed E-state index contributed by atoms with van der Waals surface area (Å²) in [4.78, 5) is 22.6. The molecule has 16 heavy (non-hydrogen) atoms. The Labute approximate surface area is 96.3 Å². The maximum absolute atomic E-state index is 11.3. The molecule has 0 aromatic rings. The van der Waals surface area contributed by atoms with E-state index in [1.807, 2.05) is 6.92 Å². The van der Waals surface area contributed by atoms with E-state index >= 15 is 0 Å². The standard InChI is InChI=1S/C12H20O4/c1-4-15-11(14)7-10-6-5-8(2)12(16-10)9(3)13/h8,10,12H,4-7H2,1-3H3/t8-,10+,12-/m0/s1. The summed E-state index contributed by atoms with van der Waals surface area (Å²) in [5, 5.41) is 0. The molecule has 0 amide bonds. The Hall–Kier alpha value is -0.900. The number of ketones is 1. The Morgan fingerprint density at radius 2 is 2.06 bits per heavy atom. The molecule has 0 saturated carbocycles. The van der Waals surface area contributed by atoms with Crippen molar-refractivity contribution < 1.29 is 19.1 Å². The van der Waals surface area contributed by atoms with Gasteiger partial charge in [0, 0.05) is 0 Å². The fraction of sp³-hybridized carbons (Fsp3) is 0.833. The molecule has 0 spiro atoms. The number of esters is 1. The summed E-state index contributed by atoms with van der Waals surface area (Å²) in [5.74, 6) is 0.0429. The van der Waals surface area contributed by atoms with E-state index < -0.39 is 0 Å². The van der Waals surface area contributed by atoms with Crippen LogP contribution in [0, 0.1) is 5.92 Å². The smallest absolute Gasteiger partial charge is 0.308 e. The number of rotatable bonds is 4. The summed E-state index contributed by atoms with van der Waals surface area (Å²) >= 11 is 0. The van der Waals surface area contributed by atoms with Crippen LogP contribution in [0.4, 0.5) is 0 Å². The van der Waals surface area contributed by atoms with Gasteiger partial charge in [-0.2, -0.15) is 0 Å². The Morgan fingerprint density at radius 3 is 2.62 bits per heavy atom. The van der Waals surface area contributed by atoms with Gasteiger partial charge in [-0.15, -0.1) is 0 Å². The Bertz CT molecular complexity index is 262. The highest BCUT2D eigenvalue weighted by Crippen LogP contribution is 2.27. The van der Waals surface area contributed by atoms with Gasteiger partial charge in [0.1, 0.15) is 6.10 Å². The molecule has 0 radical (unpaired) electrons. The van der Waals surface area contributed by atoms with Crippen LogP contribution in [0.25, 0.3) is 0 Å². The van der Waals surface area contributed by atoms with Crippen molar-refractivity contribution in [3.63, 3.8) is 0 Å². The van der Waals surface area contributed by atoms with Gasteiger partial charge in [-0.3, -0.25) is 9.59 Å². The molecule has 0 unspecified atom stereocenters. The molecule has 3 atom stereocenters. The van der Waals surface area contributed by atoms with Crippen molar-refractivity contribution in [2.24, 2.45) is 5.92 Å². The third-order valence-electron chi connectivity index (χ3n) is 2.90. The van der Waals surface area contributed by atoms with E-state index in [9.17, 15) is 9.59 Å². The summed E-state index contributed by atoms with van der Waals surface area (Å²) in [6.07, 6.45) is 1.49. The lowest BCUT2D eigenvalue weighted by atomic mass is 9.90. The summed E-state index contributed by atoms with van der Waals surface area (Å²) in [5.41, 5.74) is 0. The predicted octanol–water partition coefficient (Wildman–Crippen LogP) is 1.71. The van der Waals surface area contributed by atoms with Gasteiger partial charge in [0.25, 0.3) is 0 Å². The number of ether oxygens (including phenoxy) is 2. The average Bonchev–Trinajstić information content (AvgIpc) is 2.21. The van der Waals surface area contributed by atoms with Crippen LogP contribution in [0.2, 0.25) is 0 Å². The monoisotopic (exact) mass is 228 g/mol. The Morgan fingerprint density at radius 1 is 1.38 bits per heavy atom. The number of hydrogen-bond acceptors (Lipinski definition) is 4. The lowest BCUT2D eigenvalue weighted by Crippen LogP contribution is -2.39. The highest BCUT2D eigenvalue weighted by Gasteiger charge is 2.32. The van der Waals surface area contributed by atoms with E-state index in [4.69, 9.17) is 9.47 Å². The lowest BCUT2D eigenvalue weighted by Gasteiger charge is -2.32. The minimum Gasteiger partial charge on any atom is -0.466 e. The van der Waals surface area contributed by atoms with E-state index in [1.54, 1.807) is 6.92 Å². The largest absolute Gasteiger partial charge is 0.466 e. The van der Waals surface area contributed by atoms with Crippen molar-refractivity contribution in [2.45, 2.75) is 52.2 Å². The molecule has 0 aromatic heterocycles. The van der Waals surface area contributed by atoms with Gasteiger partial charge in [0.15, 0.2) is 5.78 Å². The third-order valence-corrected chi connectivity index (χ3v) is 2.90. The summed E-state index contributed by atoms with van der Waals surface area (Å²) in [6, 6.07) is 0. The molecule has 92 valence electrons. The third kappa shape index (κ3) is 3.59. The molecule has 1 heterocycles. The van der Waals surface area contributed by atoms with Crippen LogP contribution < -0.4 is 0 Å². The van der Waals surface area contributed by atoms with Crippen LogP contribution in [-0.4, -0.2) is 30.6 Å². The zero-order valence-electron chi connectivity index (χ0n) is 10.2. The quantitative estimate of drug-likeness (QED) is 0.687. The number of hydrogen-bond donors (Lipinski definition) is 0. The van der Waals surface area contributed by atoms with Crippen LogP contribution >= 0.6 is 0 Å². The zero-order chi connectivity index (χ0) is 12.1. The predicted molar refractivity (Wildman–Crippen MR) is 59.0 cm³/mol. The summed E-state index contributed by atoms with van der Waals surface area (Å²) in [7, 11) is 0. The summed E-state index contributed by atoms with van der Waals surface area (Å²) in [6.45, 7) is 5.71. The summed E-state index contributed by atoms with van der Waals surface area (Å²) < 4.78 is 10.5. The number of carbonyl (C=O) groups is 2. The second-order valence-corrected chi connectivity index (χ2v) is 4.35. The molecule has 0 aliphatic carbocycles. The second kappa shape index (κ2) is 5.99. The minimum atomic E-state index is -0.354. The van der Waals surface area contributed by atoms with E-state index in [1.165, 1.54) is 6.92 Å². The first kappa shape index (κ1) is 13.2. The van der Waals surface area contributed by atoms with Crippen molar-refractivity contribution in [3.05, 3.63) is 0 Å². The van der Waals surface area contributed by atoms with Gasteiger partial charge in [-0.1, -0.05) is 6.92 Å². The van der Waals surface area contributed by atoms with Crippen LogP contribution in [0.15, 0.2) is 0 Å². The van der Waals surface area contributed by atoms with Gasteiger partial charge >= 0.3 is 5.97 Å². The maximum Gasteiger partial charge on any atom is 0.308 e. The molecule has 1 saturated heterocycles. The SMILES string of the molecule is CCOC(=O)C[C@H]1CC[C@H](C)[C@@H](C(C)=O)O1. The van der Waals surface area contributed by atoms with Crippen LogP contribution in [0.5, 0.6) is 0 Å². The molecular formula is C12H20O4. The van der Waals surface area contributed by atoms with Crippen molar-refractivity contribution >= 4 is 11.8 Å². The Kier molecular flexibility index (Phi) is 4.93. The van der Waals surface area contributed by atoms with Crippen LogP contribution in [0.3, 0.4) is 0 Å². The minimum absolute atomic E-state index is 0.0426. The first-order valence-electron chi connectivity index (χ1n) is 5.86. The molecule has 4 nitrogen and oxygen atoms in total. The van der Waals surface area contributed by atoms with Gasteiger partial charge < -0.3 is 9.47 Å². The molecule has 1 aliphatic rings. The van der Waals surface area contributed by atoms with Gasteiger partial charge in [0.2, 0.25) is 0 Å². The van der Waals surface area contributed by atoms with E-state index in [0.29, 0.717) is 6.61 Å². The highest BCUT2D eigenvalue weighted by molar-refractivity contribution is 5.81. The molecule has 1 aliphatic heterocycles. The Balaban J connectivity index is 2.45. The van der Waals surface area contributed by atoms with Gasteiger partial charge in [0.05, 0.1) is 19.1 Å². The topological polar surface area (TPSA) is 52.6 Å². The second-order valence-electron chi connectivity index (χ2n) is 4.35. The normalized spacial score (nSPS) is 29.8. The first-order chi connectivity index (χ1) is 7.54. The number of carbonyl (C=O) groups excluding carboxylic acids is 2. The van der Waals surface area contributed by atoms with Crippen molar-refractivity contribution in [1.82, 2.24) is 0 Å². The molecule has 0 aromatic carbocycles. The van der Waals surface area contributed by atoms with Crippen molar-refractivity contribution in [3.8, 4) is 0 Å².